The number of rotatable bonds is 2. The molecule has 0 saturated carbocycles. The number of benzene rings is 3. The maximum absolute atomic E-state index is 12.8. The third-order valence-corrected chi connectivity index (χ3v) is 5.25. The Kier molecular flexibility index (Phi) is 3.43. The molecule has 0 fully saturated rings. The van der Waals surface area contributed by atoms with Gasteiger partial charge in [0.1, 0.15) is 0 Å². The van der Waals surface area contributed by atoms with Crippen molar-refractivity contribution in [1.82, 2.24) is 0 Å². The van der Waals surface area contributed by atoms with E-state index in [1.54, 1.807) is 17.8 Å². The molecule has 3 aromatic rings. The second kappa shape index (κ2) is 5.60. The normalized spacial score (nSPS) is 15.2. The first-order valence-electron chi connectivity index (χ1n) is 7.48. The van der Waals surface area contributed by atoms with Crippen molar-refractivity contribution in [2.24, 2.45) is 0 Å². The van der Waals surface area contributed by atoms with Crippen LogP contribution in [0.3, 0.4) is 0 Å². The zero-order chi connectivity index (χ0) is 15.8. The molecule has 0 radical (unpaired) electrons. The molecule has 0 atom stereocenters. The summed E-state index contributed by atoms with van der Waals surface area (Å²) in [5, 5.41) is 3.05. The summed E-state index contributed by atoms with van der Waals surface area (Å²) >= 11 is 1.64. The molecule has 3 aromatic carbocycles. The quantitative estimate of drug-likeness (QED) is 0.484. The molecule has 0 spiro atoms. The van der Waals surface area contributed by atoms with Gasteiger partial charge in [-0.1, -0.05) is 66.4 Å². The fourth-order valence-electron chi connectivity index (χ4n) is 2.88. The van der Waals surface area contributed by atoms with Crippen molar-refractivity contribution in [3.63, 3.8) is 0 Å². The molecule has 112 valence electrons. The van der Waals surface area contributed by atoms with Gasteiger partial charge >= 0.3 is 0 Å². The first kappa shape index (κ1) is 14.1. The maximum Gasteiger partial charge on any atom is 0.189 e. The smallest absolute Gasteiger partial charge is 0.189 e. The Morgan fingerprint density at radius 1 is 0.957 bits per heavy atom. The van der Waals surface area contributed by atoms with Crippen LogP contribution in [-0.2, 0) is 0 Å². The average Bonchev–Trinajstić information content (AvgIpc) is 2.90. The fourth-order valence-corrected chi connectivity index (χ4v) is 3.96. The molecule has 1 aliphatic heterocycles. The Bertz CT molecular complexity index is 940. The molecule has 3 heteroatoms. The highest BCUT2D eigenvalue weighted by Gasteiger charge is 2.22. The Morgan fingerprint density at radius 3 is 2.57 bits per heavy atom. The number of para-hydroxylation sites is 1. The van der Waals surface area contributed by atoms with Crippen LogP contribution in [0.4, 0.5) is 5.69 Å². The highest BCUT2D eigenvalue weighted by Crippen LogP contribution is 2.44. The Hall–Kier alpha value is -2.52. The molecule has 0 N–H and O–H groups in total. The highest BCUT2D eigenvalue weighted by atomic mass is 32.2. The van der Waals surface area contributed by atoms with Gasteiger partial charge in [0.15, 0.2) is 5.78 Å². The van der Waals surface area contributed by atoms with E-state index in [9.17, 15) is 4.79 Å². The first-order chi connectivity index (χ1) is 11.2. The van der Waals surface area contributed by atoms with Gasteiger partial charge in [-0.05, 0) is 22.9 Å². The van der Waals surface area contributed by atoms with Gasteiger partial charge in [-0.3, -0.25) is 4.79 Å². The minimum Gasteiger partial charge on any atom is -0.338 e. The second-order valence-corrected chi connectivity index (χ2v) is 6.56. The van der Waals surface area contributed by atoms with Crippen LogP contribution < -0.4 is 4.90 Å². The van der Waals surface area contributed by atoms with Crippen LogP contribution in [-0.4, -0.2) is 12.8 Å². The fraction of sp³-hybridized carbons (Fsp3) is 0.0500. The number of nitrogens with zero attached hydrogens (tertiary/aromatic N) is 1. The van der Waals surface area contributed by atoms with Crippen LogP contribution >= 0.6 is 11.8 Å². The number of hydrogen-bond acceptors (Lipinski definition) is 3. The first-order valence-corrected chi connectivity index (χ1v) is 8.30. The van der Waals surface area contributed by atoms with E-state index in [4.69, 9.17) is 0 Å². The van der Waals surface area contributed by atoms with Crippen molar-refractivity contribution in [2.75, 3.05) is 11.9 Å². The minimum absolute atomic E-state index is 0.0453. The van der Waals surface area contributed by atoms with Crippen molar-refractivity contribution < 1.29 is 4.79 Å². The van der Waals surface area contributed by atoms with E-state index in [1.807, 2.05) is 61.6 Å². The predicted molar refractivity (Wildman–Crippen MR) is 97.1 cm³/mol. The van der Waals surface area contributed by atoms with E-state index in [0.717, 1.165) is 27.1 Å². The molecule has 0 aliphatic carbocycles. The zero-order valence-corrected chi connectivity index (χ0v) is 13.5. The van der Waals surface area contributed by atoms with Gasteiger partial charge in [0, 0.05) is 23.6 Å². The van der Waals surface area contributed by atoms with Crippen molar-refractivity contribution in [2.45, 2.75) is 4.90 Å². The molecule has 1 aliphatic rings. The molecule has 2 nitrogen and oxygen atoms in total. The van der Waals surface area contributed by atoms with E-state index >= 15 is 0 Å². The molecule has 0 unspecified atom stereocenters. The van der Waals surface area contributed by atoms with Gasteiger partial charge in [0.2, 0.25) is 0 Å². The van der Waals surface area contributed by atoms with Crippen molar-refractivity contribution in [1.29, 1.82) is 0 Å². The lowest BCUT2D eigenvalue weighted by molar-refractivity contribution is 0.104. The summed E-state index contributed by atoms with van der Waals surface area (Å²) in [6.07, 6.45) is 1.74. The molecule has 4 rings (SSSR count). The number of carbonyl (C=O) groups excluding carboxylic acids is 1. The largest absolute Gasteiger partial charge is 0.338 e. The summed E-state index contributed by atoms with van der Waals surface area (Å²) in [5.74, 6) is 0.0453. The molecule has 0 bridgehead atoms. The Balaban J connectivity index is 1.73. The number of thioether (sulfide) groups is 1. The van der Waals surface area contributed by atoms with Crippen LogP contribution in [0.25, 0.3) is 10.8 Å². The summed E-state index contributed by atoms with van der Waals surface area (Å²) in [4.78, 5) is 16.1. The lowest BCUT2D eigenvalue weighted by Crippen LogP contribution is -2.11. The van der Waals surface area contributed by atoms with E-state index in [-0.39, 0.29) is 5.78 Å². The summed E-state index contributed by atoms with van der Waals surface area (Å²) in [6.45, 7) is 0. The van der Waals surface area contributed by atoms with Crippen LogP contribution in [0.2, 0.25) is 0 Å². The third kappa shape index (κ3) is 2.43. The van der Waals surface area contributed by atoms with E-state index in [0.29, 0.717) is 0 Å². The van der Waals surface area contributed by atoms with Gasteiger partial charge < -0.3 is 4.90 Å². The topological polar surface area (TPSA) is 20.3 Å². The highest BCUT2D eigenvalue weighted by molar-refractivity contribution is 8.03. The van der Waals surface area contributed by atoms with Gasteiger partial charge in [-0.2, -0.15) is 0 Å². The second-order valence-electron chi connectivity index (χ2n) is 5.50. The lowest BCUT2D eigenvalue weighted by Gasteiger charge is -2.13. The molecule has 0 aromatic heterocycles. The van der Waals surface area contributed by atoms with Crippen LogP contribution in [0.1, 0.15) is 10.4 Å². The number of carbonyl (C=O) groups is 1. The molecular formula is C20H15NOS. The maximum atomic E-state index is 12.8. The van der Waals surface area contributed by atoms with Crippen LogP contribution in [0, 0.1) is 0 Å². The summed E-state index contributed by atoms with van der Waals surface area (Å²) in [7, 11) is 2.00. The van der Waals surface area contributed by atoms with Crippen LogP contribution in [0.5, 0.6) is 0 Å². The van der Waals surface area contributed by atoms with Gasteiger partial charge in [0.25, 0.3) is 0 Å². The van der Waals surface area contributed by atoms with E-state index in [2.05, 4.69) is 17.0 Å². The number of anilines is 1. The lowest BCUT2D eigenvalue weighted by atomic mass is 10.0. The molecule has 0 saturated heterocycles. The number of fused-ring (bicyclic) bond motifs is 2. The monoisotopic (exact) mass is 317 g/mol. The summed E-state index contributed by atoms with van der Waals surface area (Å²) < 4.78 is 0. The molecule has 0 amide bonds. The summed E-state index contributed by atoms with van der Waals surface area (Å²) in [6, 6.07) is 22.1. The standard InChI is InChI=1S/C20H15NOS/c1-21-17-11-4-5-12-19(17)23-20(21)13-18(22)16-10-6-8-14-7-2-3-9-15(14)16/h2-13H,1H3/b20-13+. The zero-order valence-electron chi connectivity index (χ0n) is 12.7. The van der Waals surface area contributed by atoms with E-state index in [1.165, 1.54) is 4.90 Å². The minimum atomic E-state index is 0.0453. The van der Waals surface area contributed by atoms with E-state index < -0.39 is 0 Å². The van der Waals surface area contributed by atoms with Crippen molar-refractivity contribution in [3.8, 4) is 0 Å². The predicted octanol–water partition coefficient (Wildman–Crippen LogP) is 5.11. The molecule has 23 heavy (non-hydrogen) atoms. The average molecular weight is 317 g/mol. The summed E-state index contributed by atoms with van der Waals surface area (Å²) in [5.41, 5.74) is 1.90. The van der Waals surface area contributed by atoms with Gasteiger partial charge in [-0.15, -0.1) is 0 Å². The van der Waals surface area contributed by atoms with Gasteiger partial charge in [0.05, 0.1) is 10.7 Å². The van der Waals surface area contributed by atoms with Gasteiger partial charge in [-0.25, -0.2) is 0 Å². The number of hydrogen-bond donors (Lipinski definition) is 0. The molecular weight excluding hydrogens is 302 g/mol. The van der Waals surface area contributed by atoms with Crippen molar-refractivity contribution >= 4 is 34.0 Å². The number of allylic oxidation sites excluding steroid dienone is 1. The Labute approximate surface area is 139 Å². The Morgan fingerprint density at radius 2 is 1.70 bits per heavy atom. The third-order valence-electron chi connectivity index (χ3n) is 4.08. The van der Waals surface area contributed by atoms with Crippen LogP contribution in [0.15, 0.2) is 82.7 Å². The molecule has 1 heterocycles. The number of ketones is 1. The SMILES string of the molecule is CN1/C(=C\C(=O)c2cccc3ccccc23)Sc2ccccc21. The van der Waals surface area contributed by atoms with Crippen molar-refractivity contribution in [3.05, 3.63) is 83.4 Å².